The molecule has 1 unspecified atom stereocenters. The molecule has 0 aliphatic carbocycles. The van der Waals surface area contributed by atoms with Gasteiger partial charge in [0, 0.05) is 0 Å². The first-order valence-corrected chi connectivity index (χ1v) is 8.35. The highest BCUT2D eigenvalue weighted by molar-refractivity contribution is 7.91. The molecule has 2 heterocycles. The predicted octanol–water partition coefficient (Wildman–Crippen LogP) is 0.0380. The number of nitrogens with zero attached hydrogens (tertiary/aromatic N) is 1. The van der Waals surface area contributed by atoms with Crippen molar-refractivity contribution in [1.29, 1.82) is 0 Å². The van der Waals surface area contributed by atoms with Crippen molar-refractivity contribution in [2.75, 3.05) is 18.1 Å². The SMILES string of the molecule is CC1(NC(=O)COC(=O)c2ccc([N+](=O)[O-])o2)CCS(=O)(=O)C1. The minimum absolute atomic E-state index is 0.0143. The number of sulfone groups is 1. The Morgan fingerprint density at radius 1 is 1.48 bits per heavy atom. The summed E-state index contributed by atoms with van der Waals surface area (Å²) in [5, 5.41) is 12.9. The van der Waals surface area contributed by atoms with Crippen LogP contribution in [0.3, 0.4) is 0 Å². The minimum Gasteiger partial charge on any atom is -0.450 e. The molecule has 0 radical (unpaired) electrons. The molecule has 11 heteroatoms. The number of furan rings is 1. The fourth-order valence-corrected chi connectivity index (χ4v) is 4.31. The van der Waals surface area contributed by atoms with Crippen molar-refractivity contribution in [1.82, 2.24) is 5.32 Å². The van der Waals surface area contributed by atoms with Crippen LogP contribution in [0, 0.1) is 10.1 Å². The van der Waals surface area contributed by atoms with Gasteiger partial charge in [-0.1, -0.05) is 0 Å². The maximum absolute atomic E-state index is 11.7. The number of hydrogen-bond donors (Lipinski definition) is 1. The van der Waals surface area contributed by atoms with E-state index in [0.717, 1.165) is 12.1 Å². The van der Waals surface area contributed by atoms with Gasteiger partial charge < -0.3 is 14.5 Å². The van der Waals surface area contributed by atoms with Crippen molar-refractivity contribution < 1.29 is 32.1 Å². The minimum atomic E-state index is -3.18. The molecule has 1 atom stereocenters. The summed E-state index contributed by atoms with van der Waals surface area (Å²) in [7, 11) is -3.18. The van der Waals surface area contributed by atoms with Gasteiger partial charge in [0.25, 0.3) is 5.91 Å². The maximum atomic E-state index is 11.7. The highest BCUT2D eigenvalue weighted by Gasteiger charge is 2.39. The summed E-state index contributed by atoms with van der Waals surface area (Å²) < 4.78 is 32.2. The molecule has 23 heavy (non-hydrogen) atoms. The third-order valence-corrected chi connectivity index (χ3v) is 5.15. The van der Waals surface area contributed by atoms with E-state index in [4.69, 9.17) is 0 Å². The molecule has 1 amide bonds. The summed E-state index contributed by atoms with van der Waals surface area (Å²) in [6.45, 7) is 0.941. The smallest absolute Gasteiger partial charge is 0.433 e. The molecule has 1 N–H and O–H groups in total. The first-order chi connectivity index (χ1) is 10.6. The molecule has 0 aromatic carbocycles. The van der Waals surface area contributed by atoms with Crippen LogP contribution in [-0.4, -0.2) is 48.9 Å². The van der Waals surface area contributed by atoms with Crippen molar-refractivity contribution in [3.05, 3.63) is 28.0 Å². The number of rotatable bonds is 5. The first-order valence-electron chi connectivity index (χ1n) is 6.53. The Hall–Kier alpha value is -2.43. The first kappa shape index (κ1) is 16.9. The zero-order chi connectivity index (χ0) is 17.3. The second-order valence-corrected chi connectivity index (χ2v) is 7.61. The van der Waals surface area contributed by atoms with Gasteiger partial charge in [0.2, 0.25) is 5.76 Å². The average Bonchev–Trinajstić information content (AvgIpc) is 3.01. The lowest BCUT2D eigenvalue weighted by atomic mass is 10.0. The van der Waals surface area contributed by atoms with Crippen molar-refractivity contribution in [2.24, 2.45) is 0 Å². The molecular formula is C12H14N2O8S. The Morgan fingerprint density at radius 2 is 2.17 bits per heavy atom. The normalized spacial score (nSPS) is 22.5. The Bertz CT molecular complexity index is 753. The molecular weight excluding hydrogens is 332 g/mol. The summed E-state index contributed by atoms with van der Waals surface area (Å²) in [6.07, 6.45) is 0.277. The molecule has 1 aromatic rings. The van der Waals surface area contributed by atoms with Crippen LogP contribution in [0.2, 0.25) is 0 Å². The van der Waals surface area contributed by atoms with Crippen LogP contribution in [0.5, 0.6) is 0 Å². The third kappa shape index (κ3) is 4.28. The lowest BCUT2D eigenvalue weighted by molar-refractivity contribution is -0.402. The quantitative estimate of drug-likeness (QED) is 0.446. The van der Waals surface area contributed by atoms with E-state index in [2.05, 4.69) is 14.5 Å². The average molecular weight is 346 g/mol. The lowest BCUT2D eigenvalue weighted by Gasteiger charge is -2.23. The van der Waals surface area contributed by atoms with Gasteiger partial charge in [-0.05, 0) is 19.4 Å². The van der Waals surface area contributed by atoms with Crippen molar-refractivity contribution >= 4 is 27.6 Å². The molecule has 0 saturated carbocycles. The van der Waals surface area contributed by atoms with Crippen LogP contribution in [0.4, 0.5) is 5.88 Å². The summed E-state index contributed by atoms with van der Waals surface area (Å²) in [5.41, 5.74) is -0.897. The van der Waals surface area contributed by atoms with Gasteiger partial charge in [-0.2, -0.15) is 0 Å². The molecule has 1 aliphatic rings. The summed E-state index contributed by atoms with van der Waals surface area (Å²) in [5.74, 6) is -2.91. The number of ether oxygens (including phenoxy) is 1. The number of nitro groups is 1. The highest BCUT2D eigenvalue weighted by atomic mass is 32.2. The number of amides is 1. The van der Waals surface area contributed by atoms with Crippen molar-refractivity contribution in [3.8, 4) is 0 Å². The molecule has 0 bridgehead atoms. The van der Waals surface area contributed by atoms with E-state index in [-0.39, 0.29) is 17.9 Å². The number of esters is 1. The van der Waals surface area contributed by atoms with E-state index in [1.807, 2.05) is 0 Å². The standard InChI is InChI=1S/C12H14N2O8S/c1-12(4-5-23(19,20)7-12)13-9(15)6-21-11(16)8-2-3-10(22-8)14(17)18/h2-3H,4-7H2,1H3,(H,13,15). The third-order valence-electron chi connectivity index (χ3n) is 3.25. The van der Waals surface area contributed by atoms with Gasteiger partial charge in [-0.15, -0.1) is 0 Å². The molecule has 10 nitrogen and oxygen atoms in total. The maximum Gasteiger partial charge on any atom is 0.433 e. The van der Waals surface area contributed by atoms with Crippen molar-refractivity contribution in [3.63, 3.8) is 0 Å². The van der Waals surface area contributed by atoms with Gasteiger partial charge in [0.15, 0.2) is 16.4 Å². The van der Waals surface area contributed by atoms with E-state index in [9.17, 15) is 28.1 Å². The monoisotopic (exact) mass is 346 g/mol. The van der Waals surface area contributed by atoms with Crippen LogP contribution in [0.1, 0.15) is 23.9 Å². The zero-order valence-corrected chi connectivity index (χ0v) is 12.9. The molecule has 126 valence electrons. The van der Waals surface area contributed by atoms with E-state index in [0.29, 0.717) is 0 Å². The Morgan fingerprint density at radius 3 is 2.70 bits per heavy atom. The molecule has 1 saturated heterocycles. The van der Waals surface area contributed by atoms with E-state index in [1.54, 1.807) is 6.92 Å². The van der Waals surface area contributed by atoms with E-state index < -0.39 is 50.4 Å². The largest absolute Gasteiger partial charge is 0.450 e. The van der Waals surface area contributed by atoms with Gasteiger partial charge in [0.1, 0.15) is 4.92 Å². The van der Waals surface area contributed by atoms with Gasteiger partial charge in [-0.25, -0.2) is 13.2 Å². The van der Waals surface area contributed by atoms with Crippen molar-refractivity contribution in [2.45, 2.75) is 18.9 Å². The number of carbonyl (C=O) groups excluding carboxylic acids is 2. The molecule has 1 fully saturated rings. The Kier molecular flexibility index (Phi) is 4.41. The molecule has 2 rings (SSSR count). The van der Waals surface area contributed by atoms with Crippen LogP contribution >= 0.6 is 0 Å². The Balaban J connectivity index is 1.86. The zero-order valence-electron chi connectivity index (χ0n) is 12.1. The molecule has 1 aromatic heterocycles. The van der Waals surface area contributed by atoms with Crippen LogP contribution in [0.15, 0.2) is 16.5 Å². The second kappa shape index (κ2) is 5.99. The fourth-order valence-electron chi connectivity index (χ4n) is 2.22. The summed E-state index contributed by atoms with van der Waals surface area (Å²) in [4.78, 5) is 32.9. The van der Waals surface area contributed by atoms with Crippen LogP contribution < -0.4 is 5.32 Å². The molecule has 1 aliphatic heterocycles. The number of hydrogen-bond acceptors (Lipinski definition) is 8. The highest BCUT2D eigenvalue weighted by Crippen LogP contribution is 2.22. The van der Waals surface area contributed by atoms with Gasteiger partial charge in [-0.3, -0.25) is 14.9 Å². The van der Waals surface area contributed by atoms with E-state index in [1.165, 1.54) is 0 Å². The lowest BCUT2D eigenvalue weighted by Crippen LogP contribution is -2.48. The van der Waals surface area contributed by atoms with Crippen LogP contribution in [-0.2, 0) is 19.4 Å². The Labute approximate surface area is 130 Å². The van der Waals surface area contributed by atoms with Gasteiger partial charge in [0.05, 0.1) is 23.1 Å². The molecule has 0 spiro atoms. The topological polar surface area (TPSA) is 146 Å². The summed E-state index contributed by atoms with van der Waals surface area (Å²) >= 11 is 0. The number of carbonyl (C=O) groups is 2. The van der Waals surface area contributed by atoms with Gasteiger partial charge >= 0.3 is 11.9 Å². The number of nitrogens with one attached hydrogen (secondary N) is 1. The van der Waals surface area contributed by atoms with Crippen LogP contribution in [0.25, 0.3) is 0 Å². The predicted molar refractivity (Wildman–Crippen MR) is 75.5 cm³/mol. The summed E-state index contributed by atoms with van der Waals surface area (Å²) in [6, 6.07) is 2.05. The second-order valence-electron chi connectivity index (χ2n) is 5.42. The van der Waals surface area contributed by atoms with E-state index >= 15 is 0 Å². The fraction of sp³-hybridized carbons (Fsp3) is 0.500.